The minimum absolute atomic E-state index is 0.156. The van der Waals surface area contributed by atoms with Crippen LogP contribution >= 0.6 is 0 Å². The van der Waals surface area contributed by atoms with Crippen LogP contribution < -0.4 is 10.1 Å². The Bertz CT molecular complexity index is 905. The second kappa shape index (κ2) is 4.16. The number of amides is 1. The van der Waals surface area contributed by atoms with E-state index in [0.717, 1.165) is 23.1 Å². The number of benzene rings is 1. The molecule has 3 heterocycles. The molecule has 1 spiro atoms. The fraction of sp³-hybridized carbons (Fsp3) is 0.294. The Balaban J connectivity index is 1.91. The zero-order valence-corrected chi connectivity index (χ0v) is 12.6. The number of nitrogens with one attached hydrogen (secondary N) is 1. The number of aromatic nitrogens is 2. The van der Waals surface area contributed by atoms with Gasteiger partial charge in [0.15, 0.2) is 0 Å². The van der Waals surface area contributed by atoms with E-state index in [1.807, 2.05) is 6.07 Å². The SMILES string of the molecule is CNC1=NC(=O)C23CCc4ccc(cc42)COc2ncc1c3n2. The van der Waals surface area contributed by atoms with Gasteiger partial charge in [0.1, 0.15) is 17.9 Å². The van der Waals surface area contributed by atoms with Crippen LogP contribution in [0.1, 0.15) is 34.4 Å². The smallest absolute Gasteiger partial charge is 0.316 e. The molecule has 114 valence electrons. The van der Waals surface area contributed by atoms with E-state index >= 15 is 0 Å². The molecule has 6 heteroatoms. The number of rotatable bonds is 0. The van der Waals surface area contributed by atoms with E-state index in [9.17, 15) is 4.79 Å². The molecular weight excluding hydrogens is 292 g/mol. The monoisotopic (exact) mass is 306 g/mol. The first kappa shape index (κ1) is 12.8. The van der Waals surface area contributed by atoms with Crippen molar-refractivity contribution in [2.75, 3.05) is 7.05 Å². The first-order valence-electron chi connectivity index (χ1n) is 7.66. The van der Waals surface area contributed by atoms with Crippen molar-refractivity contribution in [3.05, 3.63) is 52.3 Å². The van der Waals surface area contributed by atoms with Crippen LogP contribution in [0.5, 0.6) is 6.01 Å². The summed E-state index contributed by atoms with van der Waals surface area (Å²) in [4.78, 5) is 26.2. The van der Waals surface area contributed by atoms with E-state index in [0.29, 0.717) is 30.6 Å². The van der Waals surface area contributed by atoms with Crippen molar-refractivity contribution in [2.24, 2.45) is 4.99 Å². The highest BCUT2D eigenvalue weighted by molar-refractivity contribution is 6.13. The maximum atomic E-state index is 13.0. The molecule has 23 heavy (non-hydrogen) atoms. The number of ether oxygens (including phenoxy) is 1. The first-order chi connectivity index (χ1) is 11.2. The molecule has 0 saturated carbocycles. The third kappa shape index (κ3) is 1.48. The zero-order valence-electron chi connectivity index (χ0n) is 12.6. The second-order valence-corrected chi connectivity index (χ2v) is 6.12. The van der Waals surface area contributed by atoms with Gasteiger partial charge in [-0.3, -0.25) is 4.79 Å². The molecule has 3 aliphatic rings. The van der Waals surface area contributed by atoms with Gasteiger partial charge in [-0.25, -0.2) is 4.98 Å². The highest BCUT2D eigenvalue weighted by Crippen LogP contribution is 2.48. The molecule has 1 amide bonds. The molecule has 1 aromatic heterocycles. The molecule has 1 N–H and O–H groups in total. The number of hydrogen-bond donors (Lipinski definition) is 1. The van der Waals surface area contributed by atoms with Gasteiger partial charge in [0.2, 0.25) is 0 Å². The first-order valence-corrected chi connectivity index (χ1v) is 7.66. The second-order valence-electron chi connectivity index (χ2n) is 6.12. The van der Waals surface area contributed by atoms with E-state index < -0.39 is 5.41 Å². The van der Waals surface area contributed by atoms with Crippen molar-refractivity contribution < 1.29 is 9.53 Å². The normalized spacial score (nSPS) is 23.3. The highest BCUT2D eigenvalue weighted by Gasteiger charge is 2.52. The minimum Gasteiger partial charge on any atom is -0.459 e. The molecule has 1 aliphatic carbocycles. The van der Waals surface area contributed by atoms with Gasteiger partial charge in [-0.2, -0.15) is 9.98 Å². The fourth-order valence-corrected chi connectivity index (χ4v) is 3.88. The Morgan fingerprint density at radius 2 is 2.26 bits per heavy atom. The standard InChI is InChI=1S/C17H14N4O2/c1-18-14-11-7-19-16-20-13(11)17(15(22)21-14)5-4-10-3-2-9(8-23-16)6-12(10)17/h2-3,6-7H,4-5,8H2,1H3,(H,18,21,22). The lowest BCUT2D eigenvalue weighted by Crippen LogP contribution is -2.43. The third-order valence-electron chi connectivity index (χ3n) is 5.01. The van der Waals surface area contributed by atoms with Gasteiger partial charge < -0.3 is 10.1 Å². The van der Waals surface area contributed by atoms with Crippen molar-refractivity contribution in [1.82, 2.24) is 15.3 Å². The molecule has 5 rings (SSSR count). The van der Waals surface area contributed by atoms with Crippen LogP contribution in [0.2, 0.25) is 0 Å². The Morgan fingerprint density at radius 3 is 3.13 bits per heavy atom. The summed E-state index contributed by atoms with van der Waals surface area (Å²) >= 11 is 0. The molecule has 2 aromatic rings. The summed E-state index contributed by atoms with van der Waals surface area (Å²) in [5, 5.41) is 2.98. The Morgan fingerprint density at radius 1 is 1.35 bits per heavy atom. The lowest BCUT2D eigenvalue weighted by atomic mass is 9.74. The van der Waals surface area contributed by atoms with Gasteiger partial charge in [-0.15, -0.1) is 0 Å². The van der Waals surface area contributed by atoms with Crippen LogP contribution in [0.3, 0.4) is 0 Å². The van der Waals surface area contributed by atoms with Crippen molar-refractivity contribution in [1.29, 1.82) is 0 Å². The summed E-state index contributed by atoms with van der Waals surface area (Å²) < 4.78 is 5.70. The van der Waals surface area contributed by atoms with Gasteiger partial charge in [0.25, 0.3) is 5.91 Å². The van der Waals surface area contributed by atoms with E-state index in [2.05, 4.69) is 32.4 Å². The number of aliphatic imine (C=N–C) groups is 1. The lowest BCUT2D eigenvalue weighted by molar-refractivity contribution is -0.122. The quantitative estimate of drug-likeness (QED) is 0.789. The van der Waals surface area contributed by atoms with Gasteiger partial charge in [0.05, 0.1) is 11.3 Å². The Labute approximate surface area is 132 Å². The lowest BCUT2D eigenvalue weighted by Gasteiger charge is -2.31. The van der Waals surface area contributed by atoms with E-state index in [1.165, 1.54) is 5.56 Å². The predicted octanol–water partition coefficient (Wildman–Crippen LogP) is 1.11. The van der Waals surface area contributed by atoms with Crippen LogP contribution in [-0.4, -0.2) is 28.8 Å². The maximum absolute atomic E-state index is 13.0. The van der Waals surface area contributed by atoms with Crippen molar-refractivity contribution in [2.45, 2.75) is 24.9 Å². The molecule has 1 unspecified atom stereocenters. The number of carbonyl (C=O) groups excluding carboxylic acids is 1. The predicted molar refractivity (Wildman–Crippen MR) is 82.5 cm³/mol. The molecule has 4 bridgehead atoms. The fourth-order valence-electron chi connectivity index (χ4n) is 3.88. The number of amidine groups is 1. The number of carbonyl (C=O) groups is 1. The topological polar surface area (TPSA) is 76.5 Å². The largest absolute Gasteiger partial charge is 0.459 e. The number of hydrogen-bond acceptors (Lipinski definition) is 5. The molecule has 0 radical (unpaired) electrons. The molecule has 1 aromatic carbocycles. The number of nitrogens with zero attached hydrogens (tertiary/aromatic N) is 3. The number of aryl methyl sites for hydroxylation is 1. The van der Waals surface area contributed by atoms with Crippen LogP contribution in [0.4, 0.5) is 0 Å². The Kier molecular flexibility index (Phi) is 2.30. The van der Waals surface area contributed by atoms with E-state index in [4.69, 9.17) is 4.74 Å². The average Bonchev–Trinajstić information content (AvgIpc) is 2.96. The van der Waals surface area contributed by atoms with Crippen LogP contribution in [0, 0.1) is 0 Å². The maximum Gasteiger partial charge on any atom is 0.316 e. The third-order valence-corrected chi connectivity index (χ3v) is 5.01. The number of fused-ring (bicyclic) bond motifs is 2. The molecular formula is C17H14N4O2. The van der Waals surface area contributed by atoms with Crippen LogP contribution in [-0.2, 0) is 23.2 Å². The summed E-state index contributed by atoms with van der Waals surface area (Å²) in [6.45, 7) is 0.399. The summed E-state index contributed by atoms with van der Waals surface area (Å²) in [6.07, 6.45) is 3.24. The molecule has 0 saturated heterocycles. The van der Waals surface area contributed by atoms with Crippen molar-refractivity contribution in [3.63, 3.8) is 0 Å². The highest BCUT2D eigenvalue weighted by atomic mass is 16.5. The van der Waals surface area contributed by atoms with Gasteiger partial charge in [0, 0.05) is 13.2 Å². The minimum atomic E-state index is -0.799. The van der Waals surface area contributed by atoms with Gasteiger partial charge in [-0.1, -0.05) is 18.2 Å². The summed E-state index contributed by atoms with van der Waals surface area (Å²) in [5.41, 5.74) is 3.93. The summed E-state index contributed by atoms with van der Waals surface area (Å²) in [5.74, 6) is 0.364. The van der Waals surface area contributed by atoms with Crippen LogP contribution in [0.25, 0.3) is 0 Å². The molecule has 1 atom stereocenters. The summed E-state index contributed by atoms with van der Waals surface area (Å²) in [6, 6.07) is 6.52. The molecule has 6 nitrogen and oxygen atoms in total. The average molecular weight is 306 g/mol. The van der Waals surface area contributed by atoms with E-state index in [-0.39, 0.29) is 5.91 Å². The summed E-state index contributed by atoms with van der Waals surface area (Å²) in [7, 11) is 1.75. The van der Waals surface area contributed by atoms with Crippen molar-refractivity contribution in [3.8, 4) is 6.01 Å². The zero-order chi connectivity index (χ0) is 15.6. The van der Waals surface area contributed by atoms with Crippen LogP contribution in [0.15, 0.2) is 29.4 Å². The molecule has 2 aliphatic heterocycles. The van der Waals surface area contributed by atoms with Gasteiger partial charge in [-0.05, 0) is 29.5 Å². The Hall–Kier alpha value is -2.76. The van der Waals surface area contributed by atoms with Crippen molar-refractivity contribution >= 4 is 11.7 Å². The molecule has 0 fully saturated rings. The van der Waals surface area contributed by atoms with Gasteiger partial charge >= 0.3 is 6.01 Å². The van der Waals surface area contributed by atoms with E-state index in [1.54, 1.807) is 13.2 Å².